The Morgan fingerprint density at radius 3 is 2.55 bits per heavy atom. The van der Waals surface area contributed by atoms with Crippen molar-refractivity contribution in [3.8, 4) is 17.6 Å². The molecule has 0 saturated carbocycles. The van der Waals surface area contributed by atoms with E-state index in [2.05, 4.69) is 11.4 Å². The van der Waals surface area contributed by atoms with Gasteiger partial charge in [0.1, 0.15) is 0 Å². The van der Waals surface area contributed by atoms with E-state index in [-0.39, 0.29) is 29.5 Å². The Morgan fingerprint density at radius 1 is 1.15 bits per heavy atom. The monoisotopic (exact) mass is 443 g/mol. The minimum atomic E-state index is -0.523. The smallest absolute Gasteiger partial charge is 0.270 e. The molecule has 0 atom stereocenters. The van der Waals surface area contributed by atoms with Gasteiger partial charge in [-0.3, -0.25) is 14.9 Å². The van der Waals surface area contributed by atoms with Crippen LogP contribution in [0.25, 0.3) is 11.6 Å². The SMILES string of the molecule is COc1cccc(/C=C(/C#N)c2cccc([N+](=O)[O-])c2)c1OCC(=O)Nc1ccc(C)cc1. The van der Waals surface area contributed by atoms with Gasteiger partial charge in [-0.2, -0.15) is 5.26 Å². The second-order valence-corrected chi connectivity index (χ2v) is 7.06. The van der Waals surface area contributed by atoms with Crippen molar-refractivity contribution in [1.29, 1.82) is 5.26 Å². The van der Waals surface area contributed by atoms with E-state index in [1.807, 2.05) is 19.1 Å². The van der Waals surface area contributed by atoms with Gasteiger partial charge in [0, 0.05) is 23.4 Å². The Labute approximate surface area is 190 Å². The van der Waals surface area contributed by atoms with Crippen molar-refractivity contribution in [2.24, 2.45) is 0 Å². The van der Waals surface area contributed by atoms with Gasteiger partial charge in [-0.25, -0.2) is 0 Å². The predicted molar refractivity (Wildman–Crippen MR) is 125 cm³/mol. The summed E-state index contributed by atoms with van der Waals surface area (Å²) in [6.07, 6.45) is 1.54. The van der Waals surface area contributed by atoms with Gasteiger partial charge in [-0.1, -0.05) is 42.0 Å². The summed E-state index contributed by atoms with van der Waals surface area (Å²) in [6.45, 7) is 1.67. The number of nitrogens with one attached hydrogen (secondary N) is 1. The second-order valence-electron chi connectivity index (χ2n) is 7.06. The van der Waals surface area contributed by atoms with E-state index >= 15 is 0 Å². The van der Waals surface area contributed by atoms with Crippen LogP contribution in [-0.2, 0) is 4.79 Å². The summed E-state index contributed by atoms with van der Waals surface area (Å²) in [7, 11) is 1.47. The van der Waals surface area contributed by atoms with E-state index in [1.165, 1.54) is 31.4 Å². The molecule has 3 aromatic rings. The van der Waals surface area contributed by atoms with Crippen LogP contribution in [0.2, 0.25) is 0 Å². The summed E-state index contributed by atoms with van der Waals surface area (Å²) >= 11 is 0. The standard InChI is InChI=1S/C25H21N3O5/c1-17-9-11-21(12-10-17)27-24(29)16-33-25-19(6-4-8-23(25)32-2)13-20(15-26)18-5-3-7-22(14-18)28(30)31/h3-14H,16H2,1-2H3,(H,27,29)/b20-13-. The first-order valence-electron chi connectivity index (χ1n) is 9.94. The molecule has 3 rings (SSSR count). The van der Waals surface area contributed by atoms with Crippen LogP contribution in [0.5, 0.6) is 11.5 Å². The van der Waals surface area contributed by atoms with Crippen molar-refractivity contribution in [1.82, 2.24) is 0 Å². The molecule has 0 unspecified atom stereocenters. The zero-order valence-electron chi connectivity index (χ0n) is 18.1. The normalized spacial score (nSPS) is 10.8. The highest BCUT2D eigenvalue weighted by molar-refractivity contribution is 5.93. The molecule has 0 spiro atoms. The molecule has 33 heavy (non-hydrogen) atoms. The first kappa shape index (κ1) is 23.0. The number of allylic oxidation sites excluding steroid dienone is 1. The van der Waals surface area contributed by atoms with E-state index in [0.29, 0.717) is 22.6 Å². The number of benzene rings is 3. The Kier molecular flexibility index (Phi) is 7.39. The molecule has 1 N–H and O–H groups in total. The van der Waals surface area contributed by atoms with Gasteiger partial charge in [-0.05, 0) is 36.8 Å². The fourth-order valence-electron chi connectivity index (χ4n) is 3.06. The number of rotatable bonds is 8. The largest absolute Gasteiger partial charge is 0.493 e. The van der Waals surface area contributed by atoms with E-state index < -0.39 is 4.92 Å². The minimum absolute atomic E-state index is 0.122. The molecule has 166 valence electrons. The summed E-state index contributed by atoms with van der Waals surface area (Å²) in [4.78, 5) is 22.9. The lowest BCUT2D eigenvalue weighted by molar-refractivity contribution is -0.384. The van der Waals surface area contributed by atoms with E-state index in [0.717, 1.165) is 5.56 Å². The van der Waals surface area contributed by atoms with Crippen LogP contribution in [0.3, 0.4) is 0 Å². The highest BCUT2D eigenvalue weighted by Crippen LogP contribution is 2.34. The molecule has 0 saturated heterocycles. The molecular formula is C25H21N3O5. The zero-order valence-corrected chi connectivity index (χ0v) is 18.1. The van der Waals surface area contributed by atoms with Crippen LogP contribution in [0.15, 0.2) is 66.7 Å². The average Bonchev–Trinajstić information content (AvgIpc) is 2.82. The van der Waals surface area contributed by atoms with Crippen molar-refractivity contribution < 1.29 is 19.2 Å². The van der Waals surface area contributed by atoms with Gasteiger partial charge in [0.05, 0.1) is 23.7 Å². The summed E-state index contributed by atoms with van der Waals surface area (Å²) in [5.74, 6) is 0.291. The molecule has 0 aliphatic carbocycles. The molecule has 1 amide bonds. The number of carbonyl (C=O) groups excluding carboxylic acids is 1. The highest BCUT2D eigenvalue weighted by atomic mass is 16.6. The van der Waals surface area contributed by atoms with Crippen LogP contribution in [0.1, 0.15) is 16.7 Å². The van der Waals surface area contributed by atoms with Crippen LogP contribution < -0.4 is 14.8 Å². The van der Waals surface area contributed by atoms with Crippen LogP contribution >= 0.6 is 0 Å². The fraction of sp³-hybridized carbons (Fsp3) is 0.120. The summed E-state index contributed by atoms with van der Waals surface area (Å²) in [5.41, 5.74) is 2.67. The number of methoxy groups -OCH3 is 1. The number of anilines is 1. The predicted octanol–water partition coefficient (Wildman–Crippen LogP) is 4.99. The average molecular weight is 443 g/mol. The van der Waals surface area contributed by atoms with Crippen molar-refractivity contribution in [3.63, 3.8) is 0 Å². The molecule has 3 aromatic carbocycles. The van der Waals surface area contributed by atoms with Crippen LogP contribution in [-0.4, -0.2) is 24.5 Å². The van der Waals surface area contributed by atoms with Gasteiger partial charge < -0.3 is 14.8 Å². The molecule has 0 bridgehead atoms. The first-order chi connectivity index (χ1) is 15.9. The molecule has 0 aromatic heterocycles. The molecule has 0 fully saturated rings. The van der Waals surface area contributed by atoms with E-state index in [4.69, 9.17) is 9.47 Å². The van der Waals surface area contributed by atoms with E-state index in [9.17, 15) is 20.2 Å². The molecule has 0 heterocycles. The summed E-state index contributed by atoms with van der Waals surface area (Å²) < 4.78 is 11.1. The highest BCUT2D eigenvalue weighted by Gasteiger charge is 2.14. The molecular weight excluding hydrogens is 422 g/mol. The molecule has 8 nitrogen and oxygen atoms in total. The van der Waals surface area contributed by atoms with Crippen molar-refractivity contribution in [3.05, 3.63) is 93.5 Å². The molecule has 8 heteroatoms. The number of hydrogen-bond acceptors (Lipinski definition) is 6. The Bertz CT molecular complexity index is 1240. The third-order valence-electron chi connectivity index (χ3n) is 4.70. The lowest BCUT2D eigenvalue weighted by atomic mass is 10.0. The maximum Gasteiger partial charge on any atom is 0.270 e. The number of non-ortho nitro benzene ring substituents is 1. The van der Waals surface area contributed by atoms with E-state index in [1.54, 1.807) is 36.4 Å². The van der Waals surface area contributed by atoms with Crippen molar-refractivity contribution in [2.45, 2.75) is 6.92 Å². The third-order valence-corrected chi connectivity index (χ3v) is 4.70. The Morgan fingerprint density at radius 2 is 1.88 bits per heavy atom. The van der Waals surface area contributed by atoms with Crippen molar-refractivity contribution in [2.75, 3.05) is 19.0 Å². The summed E-state index contributed by atoms with van der Waals surface area (Å²) in [5, 5.41) is 23.5. The maximum atomic E-state index is 12.4. The number of nitrogens with zero attached hydrogens (tertiary/aromatic N) is 2. The van der Waals surface area contributed by atoms with Crippen molar-refractivity contribution >= 4 is 28.9 Å². The van der Waals surface area contributed by atoms with Gasteiger partial charge in [0.2, 0.25) is 0 Å². The number of carbonyl (C=O) groups is 1. The quantitative estimate of drug-likeness (QED) is 0.227. The number of nitriles is 1. The molecule has 0 radical (unpaired) electrons. The molecule has 0 aliphatic rings. The van der Waals surface area contributed by atoms with Crippen LogP contribution in [0, 0.1) is 28.4 Å². The third kappa shape index (κ3) is 5.95. The number of para-hydroxylation sites is 1. The summed E-state index contributed by atoms with van der Waals surface area (Å²) in [6, 6.07) is 20.3. The number of hydrogen-bond donors (Lipinski definition) is 1. The lowest BCUT2D eigenvalue weighted by Crippen LogP contribution is -2.20. The Balaban J connectivity index is 1.86. The topological polar surface area (TPSA) is 114 Å². The lowest BCUT2D eigenvalue weighted by Gasteiger charge is -2.14. The van der Waals surface area contributed by atoms with Gasteiger partial charge >= 0.3 is 0 Å². The minimum Gasteiger partial charge on any atom is -0.493 e. The number of ether oxygens (including phenoxy) is 2. The second kappa shape index (κ2) is 10.6. The number of aryl methyl sites for hydroxylation is 1. The van der Waals surface area contributed by atoms with Gasteiger partial charge in [0.15, 0.2) is 18.1 Å². The van der Waals surface area contributed by atoms with Crippen LogP contribution in [0.4, 0.5) is 11.4 Å². The van der Waals surface area contributed by atoms with Gasteiger partial charge in [-0.15, -0.1) is 0 Å². The first-order valence-corrected chi connectivity index (χ1v) is 9.94. The zero-order chi connectivity index (χ0) is 23.8. The number of nitro benzene ring substituents is 1. The molecule has 0 aliphatic heterocycles. The number of amides is 1. The van der Waals surface area contributed by atoms with Gasteiger partial charge in [0.25, 0.3) is 11.6 Å². The fourth-order valence-corrected chi connectivity index (χ4v) is 3.06. The Hall–Kier alpha value is -4.64. The maximum absolute atomic E-state index is 12.4. The number of nitro groups is 1.